The van der Waals surface area contributed by atoms with E-state index in [1.54, 1.807) is 35.8 Å². The summed E-state index contributed by atoms with van der Waals surface area (Å²) in [6.07, 6.45) is 8.74. The van der Waals surface area contributed by atoms with Gasteiger partial charge in [-0.15, -0.1) is 5.10 Å². The molecule has 4 aromatic rings. The highest BCUT2D eigenvalue weighted by atomic mass is 19.1. The second kappa shape index (κ2) is 8.78. The van der Waals surface area contributed by atoms with Gasteiger partial charge in [-0.05, 0) is 55.3 Å². The van der Waals surface area contributed by atoms with Gasteiger partial charge in [-0.3, -0.25) is 4.40 Å². The van der Waals surface area contributed by atoms with E-state index in [1.807, 2.05) is 31.2 Å². The Balaban J connectivity index is 1.36. The third-order valence-electron chi connectivity index (χ3n) is 5.45. The number of amides is 1. The quantitative estimate of drug-likeness (QED) is 0.474. The lowest BCUT2D eigenvalue weighted by Gasteiger charge is -2.29. The molecule has 1 N–H and O–H groups in total. The minimum atomic E-state index is -0.537. The fourth-order valence-corrected chi connectivity index (χ4v) is 3.80. The molecule has 1 aromatic carbocycles. The number of hydrogen-bond acceptors (Lipinski definition) is 8. The molecule has 0 unspecified atom stereocenters. The number of rotatable bonds is 4. The van der Waals surface area contributed by atoms with Crippen molar-refractivity contribution in [3.63, 3.8) is 0 Å². The van der Waals surface area contributed by atoms with Gasteiger partial charge in [0.25, 0.3) is 0 Å². The first-order chi connectivity index (χ1) is 16.8. The van der Waals surface area contributed by atoms with Gasteiger partial charge in [0.15, 0.2) is 5.65 Å². The van der Waals surface area contributed by atoms with Crippen LogP contribution in [-0.2, 0) is 4.74 Å². The second-order valence-electron chi connectivity index (χ2n) is 9.09. The first-order valence-electron chi connectivity index (χ1n) is 11.1. The Hall–Kier alpha value is -4.35. The number of halogens is 1. The second-order valence-corrected chi connectivity index (χ2v) is 9.09. The Morgan fingerprint density at radius 3 is 2.71 bits per heavy atom. The number of nitrogens with zero attached hydrogens (tertiary/aromatic N) is 8. The third-order valence-corrected chi connectivity index (χ3v) is 5.45. The lowest BCUT2D eigenvalue weighted by atomic mass is 10.1. The van der Waals surface area contributed by atoms with Gasteiger partial charge < -0.3 is 15.0 Å². The maximum absolute atomic E-state index is 14.8. The summed E-state index contributed by atoms with van der Waals surface area (Å²) in [5.41, 5.74) is 3.32. The molecule has 0 fully saturated rings. The average molecular weight is 478 g/mol. The van der Waals surface area contributed by atoms with Gasteiger partial charge in [-0.25, -0.2) is 23.8 Å². The van der Waals surface area contributed by atoms with Crippen LogP contribution in [0, 0.1) is 5.82 Å². The molecule has 1 aliphatic heterocycles. The largest absolute Gasteiger partial charge is 0.444 e. The molecular formula is C23H24FN9O2. The highest BCUT2D eigenvalue weighted by Crippen LogP contribution is 2.28. The number of ether oxygens (including phenoxy) is 1. The first kappa shape index (κ1) is 22.4. The molecule has 0 saturated heterocycles. The molecular weight excluding hydrogens is 453 g/mol. The Morgan fingerprint density at radius 2 is 2.03 bits per heavy atom. The lowest BCUT2D eigenvalue weighted by Crippen LogP contribution is -2.39. The molecule has 5 rings (SSSR count). The maximum Gasteiger partial charge on any atom is 0.410 e. The molecule has 0 aliphatic carbocycles. The number of carbonyl (C=O) groups excluding carboxylic acids is 1. The van der Waals surface area contributed by atoms with Crippen LogP contribution < -0.4 is 5.32 Å². The number of fused-ring (bicyclic) bond motifs is 1. The Bertz CT molecular complexity index is 1410. The van der Waals surface area contributed by atoms with Crippen molar-refractivity contribution in [2.75, 3.05) is 18.4 Å². The van der Waals surface area contributed by atoms with E-state index in [4.69, 9.17) is 4.74 Å². The molecule has 4 heterocycles. The van der Waals surface area contributed by atoms with E-state index >= 15 is 0 Å². The van der Waals surface area contributed by atoms with Crippen LogP contribution in [0.2, 0.25) is 0 Å². The van der Waals surface area contributed by atoms with Crippen molar-refractivity contribution in [1.82, 2.24) is 39.5 Å². The summed E-state index contributed by atoms with van der Waals surface area (Å²) in [6, 6.07) is 4.65. The van der Waals surface area contributed by atoms with E-state index in [9.17, 15) is 9.18 Å². The maximum atomic E-state index is 14.8. The number of carbonyl (C=O) groups is 1. The van der Waals surface area contributed by atoms with E-state index in [1.165, 1.54) is 17.1 Å². The Morgan fingerprint density at radius 1 is 1.17 bits per heavy atom. The van der Waals surface area contributed by atoms with E-state index in [-0.39, 0.29) is 11.8 Å². The number of aromatic nitrogens is 7. The van der Waals surface area contributed by atoms with Crippen molar-refractivity contribution in [3.8, 4) is 5.69 Å². The van der Waals surface area contributed by atoms with Gasteiger partial charge in [0, 0.05) is 19.2 Å². The average Bonchev–Trinajstić information content (AvgIpc) is 3.50. The topological polar surface area (TPSA) is 115 Å². The number of hydrogen-bond donors (Lipinski definition) is 1. The fraction of sp³-hybridized carbons (Fsp3) is 0.304. The SMILES string of the molecule is CC(C)(C)OC(=O)N1CC=C(c2cnc3c(Nc4ccc(-n5cnnn5)cc4F)cncn23)CC1. The Kier molecular flexibility index (Phi) is 5.63. The summed E-state index contributed by atoms with van der Waals surface area (Å²) in [6.45, 7) is 6.53. The molecule has 1 amide bonds. The van der Waals surface area contributed by atoms with Crippen molar-refractivity contribution in [2.24, 2.45) is 0 Å². The summed E-state index contributed by atoms with van der Waals surface area (Å²) in [7, 11) is 0. The van der Waals surface area contributed by atoms with Crippen LogP contribution in [0.25, 0.3) is 16.9 Å². The zero-order chi connectivity index (χ0) is 24.6. The van der Waals surface area contributed by atoms with Crippen molar-refractivity contribution < 1.29 is 13.9 Å². The van der Waals surface area contributed by atoms with Crippen molar-refractivity contribution in [1.29, 1.82) is 0 Å². The van der Waals surface area contributed by atoms with Crippen LogP contribution in [-0.4, -0.2) is 64.3 Å². The highest BCUT2D eigenvalue weighted by molar-refractivity contribution is 5.77. The molecule has 12 heteroatoms. The molecule has 0 bridgehead atoms. The lowest BCUT2D eigenvalue weighted by molar-refractivity contribution is 0.0270. The summed E-state index contributed by atoms with van der Waals surface area (Å²) in [5.74, 6) is -0.469. The van der Waals surface area contributed by atoms with Crippen molar-refractivity contribution >= 4 is 28.7 Å². The van der Waals surface area contributed by atoms with Gasteiger partial charge in [-0.2, -0.15) is 0 Å². The van der Waals surface area contributed by atoms with Crippen LogP contribution in [0.15, 0.2) is 49.3 Å². The van der Waals surface area contributed by atoms with Crippen LogP contribution in [0.5, 0.6) is 0 Å². The zero-order valence-corrected chi connectivity index (χ0v) is 19.5. The molecule has 0 atom stereocenters. The molecule has 0 spiro atoms. The molecule has 180 valence electrons. The number of tetrazole rings is 1. The minimum Gasteiger partial charge on any atom is -0.444 e. The van der Waals surface area contributed by atoms with Crippen LogP contribution in [0.1, 0.15) is 32.9 Å². The summed E-state index contributed by atoms with van der Waals surface area (Å²) in [4.78, 5) is 22.9. The summed E-state index contributed by atoms with van der Waals surface area (Å²) in [5, 5.41) is 14.0. The number of nitrogens with one attached hydrogen (secondary N) is 1. The molecule has 11 nitrogen and oxygen atoms in total. The first-order valence-corrected chi connectivity index (χ1v) is 11.1. The minimum absolute atomic E-state index is 0.270. The van der Waals surface area contributed by atoms with Crippen LogP contribution in [0.4, 0.5) is 20.6 Å². The number of imidazole rings is 1. The van der Waals surface area contributed by atoms with Crippen LogP contribution in [0.3, 0.4) is 0 Å². The zero-order valence-electron chi connectivity index (χ0n) is 19.5. The fourth-order valence-electron chi connectivity index (χ4n) is 3.80. The van der Waals surface area contributed by atoms with E-state index in [0.717, 1.165) is 11.3 Å². The molecule has 0 radical (unpaired) electrons. The van der Waals surface area contributed by atoms with Gasteiger partial charge >= 0.3 is 6.09 Å². The van der Waals surface area contributed by atoms with Crippen LogP contribution >= 0.6 is 0 Å². The summed E-state index contributed by atoms with van der Waals surface area (Å²) < 4.78 is 23.5. The van der Waals surface area contributed by atoms with Crippen molar-refractivity contribution in [3.05, 3.63) is 60.8 Å². The van der Waals surface area contributed by atoms with E-state index in [2.05, 4.69) is 30.8 Å². The standard InChI is InChI=1S/C23H24FN9O2/c1-23(2,3)35-22(34)31-8-6-15(7-9-31)20-12-26-21-19(11-25-13-32(20)21)28-18-5-4-16(10-17(18)24)33-14-27-29-30-33/h4-6,10-14,28H,7-9H2,1-3H3. The van der Waals surface area contributed by atoms with Gasteiger partial charge in [0.2, 0.25) is 0 Å². The summed E-state index contributed by atoms with van der Waals surface area (Å²) >= 11 is 0. The Labute approximate surface area is 200 Å². The monoisotopic (exact) mass is 477 g/mol. The molecule has 0 saturated carbocycles. The molecule has 3 aromatic heterocycles. The molecule has 1 aliphatic rings. The van der Waals surface area contributed by atoms with Crippen molar-refractivity contribution in [2.45, 2.75) is 32.8 Å². The highest BCUT2D eigenvalue weighted by Gasteiger charge is 2.25. The molecule has 35 heavy (non-hydrogen) atoms. The van der Waals surface area contributed by atoms with E-state index < -0.39 is 11.4 Å². The normalized spacial score (nSPS) is 14.2. The smallest absolute Gasteiger partial charge is 0.410 e. The van der Waals surface area contributed by atoms with E-state index in [0.29, 0.717) is 36.5 Å². The number of anilines is 2. The third kappa shape index (κ3) is 4.67. The van der Waals surface area contributed by atoms with Gasteiger partial charge in [0.05, 0.1) is 29.5 Å². The van der Waals surface area contributed by atoms with Gasteiger partial charge in [-0.1, -0.05) is 6.08 Å². The van der Waals surface area contributed by atoms with Gasteiger partial charge in [0.1, 0.15) is 29.8 Å². The predicted molar refractivity (Wildman–Crippen MR) is 126 cm³/mol. The predicted octanol–water partition coefficient (Wildman–Crippen LogP) is 3.61. The number of benzene rings is 1.